The van der Waals surface area contributed by atoms with Crippen LogP contribution < -0.4 is 5.32 Å². The van der Waals surface area contributed by atoms with Crippen LogP contribution >= 0.6 is 11.9 Å². The van der Waals surface area contributed by atoms with Crippen molar-refractivity contribution < 1.29 is 23.8 Å². The Morgan fingerprint density at radius 2 is 1.93 bits per heavy atom. The van der Waals surface area contributed by atoms with Gasteiger partial charge in [0.1, 0.15) is 5.82 Å². The van der Waals surface area contributed by atoms with Gasteiger partial charge >= 0.3 is 6.16 Å². The van der Waals surface area contributed by atoms with Crippen LogP contribution in [0.1, 0.15) is 12.5 Å². The first kappa shape index (κ1) is 19.6. The molecule has 0 spiro atoms. The van der Waals surface area contributed by atoms with Crippen molar-refractivity contribution in [3.63, 3.8) is 0 Å². The molecule has 0 radical (unpaired) electrons. The number of fused-ring (bicyclic) bond motifs is 1. The van der Waals surface area contributed by atoms with E-state index in [0.29, 0.717) is 11.6 Å². The van der Waals surface area contributed by atoms with Gasteiger partial charge in [-0.3, -0.25) is 4.79 Å². The molecule has 9 heteroatoms. The molecule has 2 heterocycles. The van der Waals surface area contributed by atoms with Crippen molar-refractivity contribution in [1.82, 2.24) is 9.29 Å². The van der Waals surface area contributed by atoms with Crippen LogP contribution in [0.5, 0.6) is 0 Å². The number of ether oxygens (including phenoxy) is 3. The van der Waals surface area contributed by atoms with Gasteiger partial charge in [-0.15, -0.1) is 0 Å². The molecule has 1 aliphatic rings. The monoisotopic (exact) mass is 401 g/mol. The lowest BCUT2D eigenvalue weighted by molar-refractivity contribution is -0.114. The van der Waals surface area contributed by atoms with Crippen molar-refractivity contribution in [3.05, 3.63) is 59.9 Å². The van der Waals surface area contributed by atoms with Crippen LogP contribution in [0.4, 0.5) is 10.6 Å². The number of rotatable bonds is 5. The van der Waals surface area contributed by atoms with Crippen LogP contribution in [0.2, 0.25) is 0 Å². The normalized spacial score (nSPS) is 14.0. The number of pyridine rings is 1. The van der Waals surface area contributed by atoms with Gasteiger partial charge in [-0.1, -0.05) is 18.2 Å². The molecule has 0 bridgehead atoms. The van der Waals surface area contributed by atoms with Crippen molar-refractivity contribution in [1.29, 1.82) is 0 Å². The van der Waals surface area contributed by atoms with Crippen molar-refractivity contribution in [2.75, 3.05) is 19.5 Å². The molecule has 1 aromatic heterocycles. The number of aromatic nitrogens is 1. The smallest absolute Gasteiger partial charge is 0.452 e. The van der Waals surface area contributed by atoms with E-state index < -0.39 is 18.4 Å². The highest BCUT2D eigenvalue weighted by Crippen LogP contribution is 2.41. The second kappa shape index (κ2) is 8.66. The number of anilines is 1. The van der Waals surface area contributed by atoms with Gasteiger partial charge in [0.25, 0.3) is 5.91 Å². The standard InChI is InChI=1S/C19H19N3O5S/c1-12(27-19(24)25-3)26-17-13-8-4-5-9-14(13)28-22(2)16(17)18(23)21-15-10-6-7-11-20-15/h4-12H,1-3H3,(H,20,21,23). The third-order valence-corrected chi connectivity index (χ3v) is 4.74. The Morgan fingerprint density at radius 3 is 2.64 bits per heavy atom. The molecule has 1 amide bonds. The van der Waals surface area contributed by atoms with Gasteiger partial charge in [-0.2, -0.15) is 0 Å². The molecule has 0 saturated heterocycles. The maximum Gasteiger partial charge on any atom is 0.511 e. The molecule has 0 aliphatic carbocycles. The number of carbonyl (C=O) groups excluding carboxylic acids is 2. The van der Waals surface area contributed by atoms with Gasteiger partial charge < -0.3 is 23.8 Å². The molecule has 1 aliphatic heterocycles. The highest BCUT2D eigenvalue weighted by Gasteiger charge is 2.31. The maximum atomic E-state index is 13.0. The number of nitrogens with zero attached hydrogens (tertiary/aromatic N) is 2. The van der Waals surface area contributed by atoms with E-state index in [4.69, 9.17) is 9.47 Å². The zero-order valence-electron chi connectivity index (χ0n) is 15.5. The fourth-order valence-electron chi connectivity index (χ4n) is 2.55. The number of methoxy groups -OCH3 is 1. The minimum absolute atomic E-state index is 0.273. The number of likely N-dealkylation sites (N-methyl/N-ethyl adjacent to an activating group) is 1. The summed E-state index contributed by atoms with van der Waals surface area (Å²) in [6, 6.07) is 12.7. The number of hydrogen-bond donors (Lipinski definition) is 1. The van der Waals surface area contributed by atoms with Crippen LogP contribution in [0.25, 0.3) is 5.76 Å². The maximum absolute atomic E-state index is 13.0. The van der Waals surface area contributed by atoms with Gasteiger partial charge in [0.15, 0.2) is 11.5 Å². The van der Waals surface area contributed by atoms with E-state index in [9.17, 15) is 9.59 Å². The van der Waals surface area contributed by atoms with Gasteiger partial charge in [0.05, 0.1) is 7.11 Å². The van der Waals surface area contributed by atoms with E-state index >= 15 is 0 Å². The lowest BCUT2D eigenvalue weighted by Gasteiger charge is -2.30. The quantitative estimate of drug-likeness (QED) is 0.463. The van der Waals surface area contributed by atoms with Crippen LogP contribution in [0.15, 0.2) is 59.3 Å². The Hall–Kier alpha value is -3.20. The van der Waals surface area contributed by atoms with Crippen LogP contribution in [0, 0.1) is 0 Å². The number of amides is 1. The summed E-state index contributed by atoms with van der Waals surface area (Å²) in [4.78, 5) is 29.4. The summed E-state index contributed by atoms with van der Waals surface area (Å²) < 4.78 is 17.1. The molecular weight excluding hydrogens is 382 g/mol. The van der Waals surface area contributed by atoms with E-state index in [1.807, 2.05) is 24.3 Å². The first-order chi connectivity index (χ1) is 13.5. The Labute approximate surface area is 166 Å². The van der Waals surface area contributed by atoms with Crippen LogP contribution in [0.3, 0.4) is 0 Å². The molecule has 3 rings (SSSR count). The summed E-state index contributed by atoms with van der Waals surface area (Å²) in [5.41, 5.74) is 0.992. The lowest BCUT2D eigenvalue weighted by Crippen LogP contribution is -2.30. The molecule has 8 nitrogen and oxygen atoms in total. The van der Waals surface area contributed by atoms with E-state index in [1.165, 1.54) is 19.1 Å². The van der Waals surface area contributed by atoms with Gasteiger partial charge in [-0.25, -0.2) is 9.78 Å². The largest absolute Gasteiger partial charge is 0.511 e. The van der Waals surface area contributed by atoms with Crippen LogP contribution in [-0.4, -0.2) is 41.8 Å². The Balaban J connectivity index is 1.97. The number of nitrogens with one attached hydrogen (secondary N) is 1. The van der Waals surface area contributed by atoms with E-state index in [1.54, 1.807) is 42.7 Å². The minimum Gasteiger partial charge on any atom is -0.452 e. The molecule has 1 unspecified atom stereocenters. The van der Waals surface area contributed by atoms with Crippen molar-refractivity contribution >= 4 is 35.6 Å². The predicted octanol–water partition coefficient (Wildman–Crippen LogP) is 3.49. The third-order valence-electron chi connectivity index (χ3n) is 3.73. The van der Waals surface area contributed by atoms with Gasteiger partial charge in [0, 0.05) is 30.6 Å². The fourth-order valence-corrected chi connectivity index (χ4v) is 3.50. The Bertz CT molecular complexity index is 903. The Kier molecular flexibility index (Phi) is 6.05. The van der Waals surface area contributed by atoms with Gasteiger partial charge in [0.2, 0.25) is 6.29 Å². The highest BCUT2D eigenvalue weighted by atomic mass is 32.2. The zero-order valence-corrected chi connectivity index (χ0v) is 16.4. The number of hydrogen-bond acceptors (Lipinski definition) is 8. The first-order valence-corrected chi connectivity index (χ1v) is 9.16. The molecule has 0 fully saturated rings. The molecule has 28 heavy (non-hydrogen) atoms. The van der Waals surface area contributed by atoms with Crippen LogP contribution in [-0.2, 0) is 19.0 Å². The van der Waals surface area contributed by atoms with Crippen molar-refractivity contribution in [2.24, 2.45) is 0 Å². The summed E-state index contributed by atoms with van der Waals surface area (Å²) in [5.74, 6) is 0.306. The average molecular weight is 401 g/mol. The molecule has 146 valence electrons. The first-order valence-electron chi connectivity index (χ1n) is 8.38. The summed E-state index contributed by atoms with van der Waals surface area (Å²) >= 11 is 1.39. The summed E-state index contributed by atoms with van der Waals surface area (Å²) in [7, 11) is 2.96. The molecule has 1 aromatic carbocycles. The highest BCUT2D eigenvalue weighted by molar-refractivity contribution is 7.97. The summed E-state index contributed by atoms with van der Waals surface area (Å²) in [6.45, 7) is 1.54. The number of carbonyl (C=O) groups is 2. The predicted molar refractivity (Wildman–Crippen MR) is 104 cm³/mol. The average Bonchev–Trinajstić information content (AvgIpc) is 2.68. The zero-order chi connectivity index (χ0) is 20.1. The van der Waals surface area contributed by atoms with E-state index in [0.717, 1.165) is 10.5 Å². The second-order valence-corrected chi connectivity index (χ2v) is 6.86. The summed E-state index contributed by atoms with van der Waals surface area (Å²) in [5, 5.41) is 2.75. The third kappa shape index (κ3) is 4.37. The van der Waals surface area contributed by atoms with Crippen molar-refractivity contribution in [3.8, 4) is 0 Å². The fraction of sp³-hybridized carbons (Fsp3) is 0.211. The molecule has 0 saturated carbocycles. The topological polar surface area (TPSA) is 90.0 Å². The van der Waals surface area contributed by atoms with E-state index in [-0.39, 0.29) is 5.70 Å². The SMILES string of the molecule is COC(=O)OC(C)OC1=C(C(=O)Nc2ccccn2)N(C)Sc2ccccc21. The molecule has 2 aromatic rings. The second-order valence-electron chi connectivity index (χ2n) is 5.69. The minimum atomic E-state index is -0.968. The Morgan fingerprint density at radius 1 is 1.18 bits per heavy atom. The van der Waals surface area contributed by atoms with Gasteiger partial charge in [-0.05, 0) is 36.2 Å². The van der Waals surface area contributed by atoms with Crippen molar-refractivity contribution in [2.45, 2.75) is 18.1 Å². The molecule has 1 N–H and O–H groups in total. The lowest BCUT2D eigenvalue weighted by atomic mass is 10.1. The summed E-state index contributed by atoms with van der Waals surface area (Å²) in [6.07, 6.45) is -0.258. The number of benzene rings is 1. The molecule has 1 atom stereocenters. The molecular formula is C19H19N3O5S. The van der Waals surface area contributed by atoms with E-state index in [2.05, 4.69) is 15.0 Å².